The summed E-state index contributed by atoms with van der Waals surface area (Å²) in [7, 11) is 0. The van der Waals surface area contributed by atoms with E-state index in [0.717, 1.165) is 18.9 Å². The molecular weight excluding hydrogens is 358 g/mol. The molecule has 0 aromatic carbocycles. The van der Waals surface area contributed by atoms with Gasteiger partial charge >= 0.3 is 0 Å². The van der Waals surface area contributed by atoms with Crippen LogP contribution in [0.3, 0.4) is 0 Å². The first-order chi connectivity index (χ1) is 13.6. The SMILES string of the molecule is CCCC(C)CCCCCCNC(=O)COCCOCCOCCOC(C)C. The van der Waals surface area contributed by atoms with Crippen LogP contribution < -0.4 is 5.32 Å². The van der Waals surface area contributed by atoms with Crippen LogP contribution in [0.1, 0.15) is 72.6 Å². The van der Waals surface area contributed by atoms with Gasteiger partial charge in [0.2, 0.25) is 5.91 Å². The number of amides is 1. The molecule has 1 amide bonds. The number of ether oxygens (including phenoxy) is 4. The molecule has 0 saturated carbocycles. The topological polar surface area (TPSA) is 66.0 Å². The summed E-state index contributed by atoms with van der Waals surface area (Å²) < 4.78 is 21.4. The number of hydrogen-bond donors (Lipinski definition) is 1. The molecule has 6 nitrogen and oxygen atoms in total. The number of unbranched alkanes of at least 4 members (excludes halogenated alkanes) is 3. The first-order valence-corrected chi connectivity index (χ1v) is 11.2. The summed E-state index contributed by atoms with van der Waals surface area (Å²) in [5.74, 6) is 0.799. The third-order valence-corrected chi connectivity index (χ3v) is 4.38. The summed E-state index contributed by atoms with van der Waals surface area (Å²) in [4.78, 5) is 11.7. The van der Waals surface area contributed by atoms with Gasteiger partial charge in [0.15, 0.2) is 0 Å². The Morgan fingerprint density at radius 3 is 2.04 bits per heavy atom. The van der Waals surface area contributed by atoms with E-state index in [0.29, 0.717) is 39.6 Å². The molecule has 0 heterocycles. The first kappa shape index (κ1) is 27.3. The van der Waals surface area contributed by atoms with Crippen LogP contribution in [0, 0.1) is 5.92 Å². The van der Waals surface area contributed by atoms with E-state index in [1.54, 1.807) is 0 Å². The lowest BCUT2D eigenvalue weighted by Gasteiger charge is -2.10. The Bertz CT molecular complexity index is 339. The summed E-state index contributed by atoms with van der Waals surface area (Å²) in [6, 6.07) is 0. The van der Waals surface area contributed by atoms with Crippen molar-refractivity contribution in [2.24, 2.45) is 5.92 Å². The van der Waals surface area contributed by atoms with Gasteiger partial charge < -0.3 is 24.3 Å². The van der Waals surface area contributed by atoms with Crippen molar-refractivity contribution in [3.05, 3.63) is 0 Å². The van der Waals surface area contributed by atoms with Crippen LogP contribution in [0.15, 0.2) is 0 Å². The highest BCUT2D eigenvalue weighted by Crippen LogP contribution is 2.14. The Hall–Kier alpha value is -0.690. The fourth-order valence-corrected chi connectivity index (χ4v) is 2.83. The fourth-order valence-electron chi connectivity index (χ4n) is 2.83. The molecule has 0 fully saturated rings. The minimum absolute atomic E-state index is 0.0509. The maximum atomic E-state index is 11.7. The molecule has 28 heavy (non-hydrogen) atoms. The van der Waals surface area contributed by atoms with E-state index in [2.05, 4.69) is 19.2 Å². The summed E-state index contributed by atoms with van der Waals surface area (Å²) in [6.45, 7) is 12.6. The van der Waals surface area contributed by atoms with Crippen LogP contribution in [0.2, 0.25) is 0 Å². The van der Waals surface area contributed by atoms with E-state index in [-0.39, 0.29) is 18.6 Å². The molecular formula is C22H45NO5. The van der Waals surface area contributed by atoms with Gasteiger partial charge in [-0.25, -0.2) is 0 Å². The maximum absolute atomic E-state index is 11.7. The Morgan fingerprint density at radius 2 is 1.39 bits per heavy atom. The Morgan fingerprint density at radius 1 is 0.786 bits per heavy atom. The van der Waals surface area contributed by atoms with Crippen LogP contribution in [-0.4, -0.2) is 64.8 Å². The highest BCUT2D eigenvalue weighted by molar-refractivity contribution is 5.77. The van der Waals surface area contributed by atoms with E-state index in [1.165, 1.54) is 38.5 Å². The molecule has 0 radical (unpaired) electrons. The number of carbonyl (C=O) groups excluding carboxylic acids is 1. The van der Waals surface area contributed by atoms with Crippen molar-refractivity contribution >= 4 is 5.91 Å². The van der Waals surface area contributed by atoms with Crippen molar-refractivity contribution in [1.82, 2.24) is 5.32 Å². The second-order valence-corrected chi connectivity index (χ2v) is 7.64. The average Bonchev–Trinajstić information content (AvgIpc) is 2.65. The molecule has 1 unspecified atom stereocenters. The third kappa shape index (κ3) is 21.6. The van der Waals surface area contributed by atoms with E-state index < -0.39 is 0 Å². The molecule has 0 rings (SSSR count). The van der Waals surface area contributed by atoms with Crippen molar-refractivity contribution in [3.63, 3.8) is 0 Å². The molecule has 0 aliphatic carbocycles. The molecule has 0 spiro atoms. The zero-order valence-corrected chi connectivity index (χ0v) is 18.8. The molecule has 0 aliphatic heterocycles. The van der Waals surface area contributed by atoms with E-state index in [4.69, 9.17) is 18.9 Å². The minimum atomic E-state index is -0.0509. The molecule has 168 valence electrons. The molecule has 0 saturated heterocycles. The quantitative estimate of drug-likeness (QED) is 0.294. The van der Waals surface area contributed by atoms with Gasteiger partial charge in [-0.1, -0.05) is 52.4 Å². The number of hydrogen-bond acceptors (Lipinski definition) is 5. The van der Waals surface area contributed by atoms with Gasteiger partial charge in [-0.3, -0.25) is 4.79 Å². The number of rotatable bonds is 21. The summed E-state index contributed by atoms with van der Waals surface area (Å²) in [5, 5.41) is 2.90. The fraction of sp³-hybridized carbons (Fsp3) is 0.955. The zero-order chi connectivity index (χ0) is 20.9. The van der Waals surface area contributed by atoms with E-state index >= 15 is 0 Å². The summed E-state index contributed by atoms with van der Waals surface area (Å²) in [5.41, 5.74) is 0. The van der Waals surface area contributed by atoms with Gasteiger partial charge in [-0.2, -0.15) is 0 Å². The van der Waals surface area contributed by atoms with Crippen molar-refractivity contribution in [1.29, 1.82) is 0 Å². The lowest BCUT2D eigenvalue weighted by atomic mass is 9.98. The van der Waals surface area contributed by atoms with Crippen LogP contribution in [0.4, 0.5) is 0 Å². The predicted molar refractivity (Wildman–Crippen MR) is 114 cm³/mol. The van der Waals surface area contributed by atoms with E-state index in [9.17, 15) is 4.79 Å². The Kier molecular flexibility index (Phi) is 20.5. The van der Waals surface area contributed by atoms with Crippen molar-refractivity contribution in [3.8, 4) is 0 Å². The molecule has 1 atom stereocenters. The number of carbonyl (C=O) groups is 1. The Labute approximate surface area is 173 Å². The second kappa shape index (κ2) is 21.0. The molecule has 0 aliphatic rings. The molecule has 1 N–H and O–H groups in total. The Balaban J connectivity index is 3.21. The minimum Gasteiger partial charge on any atom is -0.377 e. The van der Waals surface area contributed by atoms with Crippen molar-refractivity contribution < 1.29 is 23.7 Å². The van der Waals surface area contributed by atoms with Gasteiger partial charge in [-0.15, -0.1) is 0 Å². The predicted octanol–water partition coefficient (Wildman–Crippen LogP) is 3.96. The first-order valence-electron chi connectivity index (χ1n) is 11.2. The monoisotopic (exact) mass is 403 g/mol. The van der Waals surface area contributed by atoms with Crippen molar-refractivity contribution in [2.45, 2.75) is 78.7 Å². The van der Waals surface area contributed by atoms with Gasteiger partial charge in [-0.05, 0) is 26.2 Å². The summed E-state index contributed by atoms with van der Waals surface area (Å²) in [6.07, 6.45) is 8.96. The molecule has 0 aromatic rings. The van der Waals surface area contributed by atoms with Gasteiger partial charge in [0, 0.05) is 6.54 Å². The molecule has 0 aromatic heterocycles. The zero-order valence-electron chi connectivity index (χ0n) is 18.8. The third-order valence-electron chi connectivity index (χ3n) is 4.38. The smallest absolute Gasteiger partial charge is 0.245 e. The average molecular weight is 404 g/mol. The van der Waals surface area contributed by atoms with Gasteiger partial charge in [0.05, 0.1) is 45.7 Å². The van der Waals surface area contributed by atoms with Crippen molar-refractivity contribution in [2.75, 3.05) is 52.8 Å². The van der Waals surface area contributed by atoms with Gasteiger partial charge in [0.25, 0.3) is 0 Å². The highest BCUT2D eigenvalue weighted by Gasteiger charge is 2.02. The van der Waals surface area contributed by atoms with Gasteiger partial charge in [0.1, 0.15) is 6.61 Å². The molecule has 0 bridgehead atoms. The van der Waals surface area contributed by atoms with Crippen LogP contribution in [0.25, 0.3) is 0 Å². The van der Waals surface area contributed by atoms with E-state index in [1.807, 2.05) is 13.8 Å². The summed E-state index contributed by atoms with van der Waals surface area (Å²) >= 11 is 0. The van der Waals surface area contributed by atoms with Crippen LogP contribution in [0.5, 0.6) is 0 Å². The largest absolute Gasteiger partial charge is 0.377 e. The molecule has 6 heteroatoms. The lowest BCUT2D eigenvalue weighted by molar-refractivity contribution is -0.126. The highest BCUT2D eigenvalue weighted by atomic mass is 16.6. The standard InChI is InChI=1S/C22H45NO5/c1-5-10-21(4)11-8-6-7-9-12-23-22(24)19-27-16-15-25-13-14-26-17-18-28-20(2)3/h20-21H,5-19H2,1-4H3,(H,23,24). The number of nitrogens with one attached hydrogen (secondary N) is 1. The maximum Gasteiger partial charge on any atom is 0.245 e. The second-order valence-electron chi connectivity index (χ2n) is 7.64. The van der Waals surface area contributed by atoms with Crippen LogP contribution >= 0.6 is 0 Å². The normalized spacial score (nSPS) is 12.5. The lowest BCUT2D eigenvalue weighted by Crippen LogP contribution is -2.29. The van der Waals surface area contributed by atoms with Crippen LogP contribution in [-0.2, 0) is 23.7 Å².